The third-order valence-corrected chi connectivity index (χ3v) is 4.22. The minimum absolute atomic E-state index is 0.0511. The van der Waals surface area contributed by atoms with Gasteiger partial charge in [0.25, 0.3) is 0 Å². The smallest absolute Gasteiger partial charge is 0.407 e. The van der Waals surface area contributed by atoms with Crippen LogP contribution in [0, 0.1) is 5.92 Å². The minimum Gasteiger partial charge on any atom is -0.444 e. The van der Waals surface area contributed by atoms with E-state index in [1.807, 2.05) is 27.7 Å². The van der Waals surface area contributed by atoms with Gasteiger partial charge in [0.1, 0.15) is 12.1 Å². The number of rotatable bonds is 11. The second-order valence-corrected chi connectivity index (χ2v) is 8.40. The molecule has 3 N–H and O–H groups in total. The second-order valence-electron chi connectivity index (χ2n) is 8.40. The number of nitrogens with one attached hydrogen (secondary N) is 3. The van der Waals surface area contributed by atoms with Crippen LogP contribution in [0.15, 0.2) is 4.99 Å². The van der Waals surface area contributed by atoms with E-state index in [9.17, 15) is 9.59 Å². The van der Waals surface area contributed by atoms with Gasteiger partial charge in [-0.2, -0.15) is 0 Å². The van der Waals surface area contributed by atoms with Crippen molar-refractivity contribution in [1.29, 1.82) is 0 Å². The van der Waals surface area contributed by atoms with E-state index in [4.69, 9.17) is 9.47 Å². The number of guanidine groups is 1. The SMILES string of the molecule is CCOCCCNC(=NCC(=O)N(C)C)NCC(NC(=O)OC(C)(C)C)C1CC1. The Labute approximate surface area is 175 Å². The maximum absolute atomic E-state index is 12.1. The predicted molar refractivity (Wildman–Crippen MR) is 114 cm³/mol. The summed E-state index contributed by atoms with van der Waals surface area (Å²) in [6, 6.07) is -0.0511. The van der Waals surface area contributed by atoms with E-state index in [2.05, 4.69) is 20.9 Å². The van der Waals surface area contributed by atoms with Gasteiger partial charge >= 0.3 is 6.09 Å². The lowest BCUT2D eigenvalue weighted by Crippen LogP contribution is -2.49. The van der Waals surface area contributed by atoms with Crippen LogP contribution < -0.4 is 16.0 Å². The van der Waals surface area contributed by atoms with Crippen LogP contribution in [0.3, 0.4) is 0 Å². The highest BCUT2D eigenvalue weighted by Gasteiger charge is 2.33. The highest BCUT2D eigenvalue weighted by Crippen LogP contribution is 2.32. The average Bonchev–Trinajstić information content (AvgIpc) is 3.44. The number of likely N-dealkylation sites (N-methyl/N-ethyl adjacent to an activating group) is 1. The number of alkyl carbamates (subject to hydrolysis) is 1. The molecule has 1 rings (SSSR count). The van der Waals surface area contributed by atoms with Crippen LogP contribution in [0.25, 0.3) is 0 Å². The van der Waals surface area contributed by atoms with Crippen molar-refractivity contribution in [2.24, 2.45) is 10.9 Å². The molecule has 1 aliphatic rings. The van der Waals surface area contributed by atoms with Gasteiger partial charge in [-0.3, -0.25) is 4.79 Å². The third kappa shape index (κ3) is 12.2. The van der Waals surface area contributed by atoms with E-state index in [1.165, 1.54) is 4.90 Å². The number of carbonyl (C=O) groups is 2. The van der Waals surface area contributed by atoms with Crippen LogP contribution in [0.2, 0.25) is 0 Å². The number of aliphatic imine (C=N–C) groups is 1. The number of carbonyl (C=O) groups excluding carboxylic acids is 2. The van der Waals surface area contributed by atoms with Crippen molar-refractivity contribution in [3.63, 3.8) is 0 Å². The summed E-state index contributed by atoms with van der Waals surface area (Å²) < 4.78 is 10.7. The zero-order chi connectivity index (χ0) is 21.9. The van der Waals surface area contributed by atoms with Gasteiger partial charge in [0, 0.05) is 40.4 Å². The molecule has 1 saturated carbocycles. The van der Waals surface area contributed by atoms with Crippen LogP contribution in [-0.2, 0) is 14.3 Å². The van der Waals surface area contributed by atoms with Gasteiger partial charge in [-0.05, 0) is 52.9 Å². The molecule has 9 heteroatoms. The highest BCUT2D eigenvalue weighted by molar-refractivity contribution is 5.84. The summed E-state index contributed by atoms with van der Waals surface area (Å²) in [6.07, 6.45) is 2.57. The molecule has 1 unspecified atom stereocenters. The molecule has 0 bridgehead atoms. The molecule has 0 aliphatic heterocycles. The molecule has 1 atom stereocenters. The molecule has 168 valence electrons. The van der Waals surface area contributed by atoms with Crippen molar-refractivity contribution in [2.45, 2.75) is 58.6 Å². The Morgan fingerprint density at radius 3 is 2.45 bits per heavy atom. The van der Waals surface area contributed by atoms with E-state index in [-0.39, 0.29) is 18.5 Å². The van der Waals surface area contributed by atoms with Gasteiger partial charge in [-0.25, -0.2) is 9.79 Å². The molecular weight excluding hydrogens is 374 g/mol. The number of hydrogen-bond donors (Lipinski definition) is 3. The average molecular weight is 414 g/mol. The first-order valence-corrected chi connectivity index (χ1v) is 10.4. The Hall–Kier alpha value is -2.03. The number of ether oxygens (including phenoxy) is 2. The fourth-order valence-electron chi connectivity index (χ4n) is 2.49. The maximum Gasteiger partial charge on any atom is 0.407 e. The third-order valence-electron chi connectivity index (χ3n) is 4.22. The first-order valence-electron chi connectivity index (χ1n) is 10.4. The molecule has 2 amide bonds. The highest BCUT2D eigenvalue weighted by atomic mass is 16.6. The summed E-state index contributed by atoms with van der Waals surface area (Å²) in [5.74, 6) is 0.900. The molecule has 0 aromatic rings. The second kappa shape index (κ2) is 12.5. The summed E-state index contributed by atoms with van der Waals surface area (Å²) in [4.78, 5) is 29.9. The van der Waals surface area contributed by atoms with E-state index in [0.717, 1.165) is 19.3 Å². The van der Waals surface area contributed by atoms with Crippen LogP contribution in [0.5, 0.6) is 0 Å². The lowest BCUT2D eigenvalue weighted by atomic mass is 10.2. The van der Waals surface area contributed by atoms with Crippen molar-refractivity contribution < 1.29 is 19.1 Å². The van der Waals surface area contributed by atoms with Crippen molar-refractivity contribution in [3.05, 3.63) is 0 Å². The Kier molecular flexibility index (Phi) is 10.8. The topological polar surface area (TPSA) is 104 Å². The van der Waals surface area contributed by atoms with Crippen molar-refractivity contribution in [3.8, 4) is 0 Å². The van der Waals surface area contributed by atoms with E-state index in [0.29, 0.717) is 38.2 Å². The molecule has 9 nitrogen and oxygen atoms in total. The zero-order valence-corrected chi connectivity index (χ0v) is 18.8. The normalized spacial score (nSPS) is 15.4. The van der Waals surface area contributed by atoms with Crippen LogP contribution in [0.1, 0.15) is 47.0 Å². The number of amides is 2. The number of nitrogens with zero attached hydrogens (tertiary/aromatic N) is 2. The van der Waals surface area contributed by atoms with Crippen LogP contribution >= 0.6 is 0 Å². The zero-order valence-electron chi connectivity index (χ0n) is 18.8. The molecule has 1 aliphatic carbocycles. The molecule has 29 heavy (non-hydrogen) atoms. The van der Waals surface area contributed by atoms with E-state index in [1.54, 1.807) is 14.1 Å². The van der Waals surface area contributed by atoms with Crippen LogP contribution in [-0.4, -0.2) is 81.4 Å². The molecule has 0 aromatic heterocycles. The van der Waals surface area contributed by atoms with Crippen molar-refractivity contribution in [2.75, 3.05) is 46.9 Å². The van der Waals surface area contributed by atoms with E-state index >= 15 is 0 Å². The Bertz CT molecular complexity index is 541. The van der Waals surface area contributed by atoms with Gasteiger partial charge in [-0.15, -0.1) is 0 Å². The van der Waals surface area contributed by atoms with Gasteiger partial charge in [0.15, 0.2) is 5.96 Å². The minimum atomic E-state index is -0.535. The fraction of sp³-hybridized carbons (Fsp3) is 0.850. The largest absolute Gasteiger partial charge is 0.444 e. The van der Waals surface area contributed by atoms with Crippen molar-refractivity contribution in [1.82, 2.24) is 20.9 Å². The molecule has 0 saturated heterocycles. The van der Waals surface area contributed by atoms with Gasteiger partial charge in [0.2, 0.25) is 5.91 Å². The first kappa shape index (κ1) is 25.0. The quantitative estimate of drug-likeness (QED) is 0.268. The summed E-state index contributed by atoms with van der Waals surface area (Å²) in [5, 5.41) is 9.43. The molecule has 0 aromatic carbocycles. The summed E-state index contributed by atoms with van der Waals surface area (Å²) >= 11 is 0. The standard InChI is InChI=1S/C20H39N5O4/c1-7-28-12-8-11-21-18(23-14-17(26)25(5)6)22-13-16(15-9-10-15)24-19(27)29-20(2,3)4/h15-16H,7-14H2,1-6H3,(H,24,27)(H2,21,22,23). The predicted octanol–water partition coefficient (Wildman–Crippen LogP) is 1.34. The Balaban J connectivity index is 2.60. The van der Waals surface area contributed by atoms with Crippen molar-refractivity contribution >= 4 is 18.0 Å². The van der Waals surface area contributed by atoms with Gasteiger partial charge < -0.3 is 30.3 Å². The molecule has 0 radical (unpaired) electrons. The van der Waals surface area contributed by atoms with Gasteiger partial charge in [-0.1, -0.05) is 0 Å². The Morgan fingerprint density at radius 2 is 1.90 bits per heavy atom. The van der Waals surface area contributed by atoms with E-state index < -0.39 is 11.7 Å². The summed E-state index contributed by atoms with van der Waals surface area (Å²) in [6.45, 7) is 10.1. The molecular formula is C20H39N5O4. The van der Waals surface area contributed by atoms with Crippen LogP contribution in [0.4, 0.5) is 4.79 Å². The summed E-state index contributed by atoms with van der Waals surface area (Å²) in [7, 11) is 3.41. The maximum atomic E-state index is 12.1. The molecule has 1 fully saturated rings. The first-order chi connectivity index (χ1) is 13.6. The van der Waals surface area contributed by atoms with Gasteiger partial charge in [0.05, 0.1) is 6.04 Å². The monoisotopic (exact) mass is 413 g/mol. The molecule has 0 heterocycles. The lowest BCUT2D eigenvalue weighted by Gasteiger charge is -2.24. The fourth-order valence-corrected chi connectivity index (χ4v) is 2.49. The Morgan fingerprint density at radius 1 is 1.21 bits per heavy atom. The lowest BCUT2D eigenvalue weighted by molar-refractivity contribution is -0.127. The summed E-state index contributed by atoms with van der Waals surface area (Å²) in [5.41, 5.74) is -0.535. The number of hydrogen-bond acceptors (Lipinski definition) is 5. The molecule has 0 spiro atoms.